The van der Waals surface area contributed by atoms with Gasteiger partial charge in [-0.2, -0.15) is 0 Å². The Morgan fingerprint density at radius 1 is 0.731 bits per heavy atom. The van der Waals surface area contributed by atoms with Gasteiger partial charge in [-0.15, -0.1) is 0 Å². The minimum atomic E-state index is -0.162. The van der Waals surface area contributed by atoms with Crippen LogP contribution in [0.25, 0.3) is 0 Å². The van der Waals surface area contributed by atoms with Gasteiger partial charge in [0, 0.05) is 34.5 Å². The maximum atomic E-state index is 13.2. The first-order valence-corrected chi connectivity index (χ1v) is 9.09. The Morgan fingerprint density at radius 2 is 1.12 bits per heavy atom. The molecule has 0 atom stereocenters. The summed E-state index contributed by atoms with van der Waals surface area (Å²) >= 11 is 11.9. The molecule has 26 heavy (non-hydrogen) atoms. The van der Waals surface area contributed by atoms with Gasteiger partial charge in [0.2, 0.25) is 0 Å². The van der Waals surface area contributed by atoms with Gasteiger partial charge < -0.3 is 9.80 Å². The van der Waals surface area contributed by atoms with Crippen LogP contribution < -0.4 is 9.80 Å². The van der Waals surface area contributed by atoms with Gasteiger partial charge in [-0.05, 0) is 48.5 Å². The minimum Gasteiger partial charge on any atom is -0.321 e. The third-order valence-corrected chi connectivity index (χ3v) is 4.87. The molecule has 2 heterocycles. The molecule has 132 valence electrons. The lowest BCUT2D eigenvalue weighted by molar-refractivity contribution is -0.107. The molecule has 2 aromatic rings. The topological polar surface area (TPSA) is 48.3 Å². The lowest BCUT2D eigenvalue weighted by Gasteiger charge is -2.23. The molecule has 0 radical (unpaired) electrons. The lowest BCUT2D eigenvalue weighted by Crippen LogP contribution is -2.43. The van der Waals surface area contributed by atoms with Crippen LogP contribution in [-0.4, -0.2) is 43.6 Å². The number of rotatable bonds is 4. The average molecular weight is 387 g/mol. The van der Waals surface area contributed by atoms with Crippen LogP contribution in [0, 0.1) is 0 Å². The van der Waals surface area contributed by atoms with Crippen molar-refractivity contribution >= 4 is 52.0 Å². The first kappa shape index (κ1) is 17.1. The number of amidine groups is 2. The van der Waals surface area contributed by atoms with Crippen molar-refractivity contribution in [1.82, 2.24) is 0 Å². The molecule has 0 saturated heterocycles. The second-order valence-corrected chi connectivity index (χ2v) is 6.87. The van der Waals surface area contributed by atoms with Crippen molar-refractivity contribution in [2.24, 2.45) is 9.98 Å². The highest BCUT2D eigenvalue weighted by Gasteiger charge is 2.33. The number of carbonyl (C=O) groups excluding carboxylic acids is 1. The van der Waals surface area contributed by atoms with Crippen molar-refractivity contribution < 1.29 is 4.79 Å². The molecular formula is C19H16Cl2N4O. The summed E-state index contributed by atoms with van der Waals surface area (Å²) in [5.41, 5.74) is 1.80. The van der Waals surface area contributed by atoms with E-state index in [-0.39, 0.29) is 5.78 Å². The zero-order chi connectivity index (χ0) is 18.1. The molecule has 0 amide bonds. The molecule has 0 saturated carbocycles. The van der Waals surface area contributed by atoms with E-state index in [1.807, 2.05) is 58.3 Å². The third-order valence-electron chi connectivity index (χ3n) is 4.36. The quantitative estimate of drug-likeness (QED) is 0.804. The summed E-state index contributed by atoms with van der Waals surface area (Å²) in [5.74, 6) is 0.684. The van der Waals surface area contributed by atoms with E-state index in [4.69, 9.17) is 23.2 Å². The Balaban J connectivity index is 1.59. The zero-order valence-electron chi connectivity index (χ0n) is 13.9. The third kappa shape index (κ3) is 3.20. The van der Waals surface area contributed by atoms with E-state index in [9.17, 15) is 4.79 Å². The monoisotopic (exact) mass is 386 g/mol. The number of Topliss-reactive ketones (excluding diaryl/α,β-unsaturated/α-hetero) is 1. The Bertz CT molecular complexity index is 817. The predicted octanol–water partition coefficient (Wildman–Crippen LogP) is 3.70. The zero-order valence-corrected chi connectivity index (χ0v) is 15.4. The number of benzene rings is 2. The SMILES string of the molecule is O=C(C1=NCCN1c1ccc(Cl)cc1)C1=NCCN1c1ccc(Cl)cc1. The molecule has 0 aromatic heterocycles. The van der Waals surface area contributed by atoms with Crippen LogP contribution in [0.3, 0.4) is 0 Å². The number of halogens is 2. The van der Waals surface area contributed by atoms with E-state index in [0.29, 0.717) is 47.9 Å². The summed E-state index contributed by atoms with van der Waals surface area (Å²) in [6.07, 6.45) is 0. The molecule has 2 aliphatic heterocycles. The molecule has 7 heteroatoms. The van der Waals surface area contributed by atoms with Crippen molar-refractivity contribution in [3.8, 4) is 0 Å². The smallest absolute Gasteiger partial charge is 0.263 e. The molecule has 0 bridgehead atoms. The number of hydrogen-bond acceptors (Lipinski definition) is 5. The van der Waals surface area contributed by atoms with Crippen molar-refractivity contribution in [2.75, 3.05) is 36.0 Å². The molecule has 0 aliphatic carbocycles. The summed E-state index contributed by atoms with van der Waals surface area (Å²) in [6, 6.07) is 14.8. The highest BCUT2D eigenvalue weighted by atomic mass is 35.5. The molecule has 0 N–H and O–H groups in total. The summed E-state index contributed by atoms with van der Waals surface area (Å²) in [4.78, 5) is 25.9. The molecule has 0 spiro atoms. The highest BCUT2D eigenvalue weighted by molar-refractivity contribution is 6.70. The Labute approximate surface area is 161 Å². The van der Waals surface area contributed by atoms with Gasteiger partial charge in [0.05, 0.1) is 13.1 Å². The van der Waals surface area contributed by atoms with Gasteiger partial charge >= 0.3 is 0 Å². The van der Waals surface area contributed by atoms with Crippen LogP contribution >= 0.6 is 23.2 Å². The van der Waals surface area contributed by atoms with E-state index in [1.54, 1.807) is 0 Å². The first-order valence-electron chi connectivity index (χ1n) is 8.33. The number of carbonyl (C=O) groups is 1. The molecule has 0 fully saturated rings. The fourth-order valence-electron chi connectivity index (χ4n) is 3.13. The summed E-state index contributed by atoms with van der Waals surface area (Å²) < 4.78 is 0. The van der Waals surface area contributed by atoms with Gasteiger partial charge in [0.15, 0.2) is 11.7 Å². The van der Waals surface area contributed by atoms with Crippen LogP contribution in [0.2, 0.25) is 10.0 Å². The predicted molar refractivity (Wildman–Crippen MR) is 107 cm³/mol. The van der Waals surface area contributed by atoms with Gasteiger partial charge in [0.25, 0.3) is 5.78 Å². The second kappa shape index (κ2) is 7.09. The molecule has 0 unspecified atom stereocenters. The number of aliphatic imine (C=N–C) groups is 2. The average Bonchev–Trinajstić information content (AvgIpc) is 3.32. The van der Waals surface area contributed by atoms with E-state index in [0.717, 1.165) is 11.4 Å². The molecular weight excluding hydrogens is 371 g/mol. The Morgan fingerprint density at radius 3 is 1.50 bits per heavy atom. The normalized spacial score (nSPS) is 16.7. The number of hydrogen-bond donors (Lipinski definition) is 0. The van der Waals surface area contributed by atoms with E-state index < -0.39 is 0 Å². The Hall–Kier alpha value is -2.37. The fourth-order valence-corrected chi connectivity index (χ4v) is 3.38. The fraction of sp³-hybridized carbons (Fsp3) is 0.211. The van der Waals surface area contributed by atoms with E-state index in [2.05, 4.69) is 9.98 Å². The van der Waals surface area contributed by atoms with E-state index >= 15 is 0 Å². The number of nitrogens with zero attached hydrogens (tertiary/aromatic N) is 4. The summed E-state index contributed by atoms with van der Waals surface area (Å²) in [7, 11) is 0. The lowest BCUT2D eigenvalue weighted by atomic mass is 10.2. The number of anilines is 2. The number of ketones is 1. The van der Waals surface area contributed by atoms with Crippen molar-refractivity contribution in [2.45, 2.75) is 0 Å². The van der Waals surface area contributed by atoms with Crippen LogP contribution in [-0.2, 0) is 4.79 Å². The standard InChI is InChI=1S/C19H16Cl2N4O/c20-13-1-5-15(6-2-13)24-11-9-22-18(24)17(26)19-23-10-12-25(19)16-7-3-14(21)4-8-16/h1-8H,9-12H2. The molecule has 2 aliphatic rings. The van der Waals surface area contributed by atoms with Crippen molar-refractivity contribution in [3.63, 3.8) is 0 Å². The maximum absolute atomic E-state index is 13.2. The summed E-state index contributed by atoms with van der Waals surface area (Å²) in [5, 5.41) is 1.32. The first-order chi connectivity index (χ1) is 12.6. The van der Waals surface area contributed by atoms with Crippen molar-refractivity contribution in [3.05, 3.63) is 58.6 Å². The molecule has 4 rings (SSSR count). The highest BCUT2D eigenvalue weighted by Crippen LogP contribution is 2.24. The van der Waals surface area contributed by atoms with Crippen molar-refractivity contribution in [1.29, 1.82) is 0 Å². The van der Waals surface area contributed by atoms with Crippen LogP contribution in [0.4, 0.5) is 11.4 Å². The van der Waals surface area contributed by atoms with Gasteiger partial charge in [-0.1, -0.05) is 23.2 Å². The second-order valence-electron chi connectivity index (χ2n) is 6.00. The van der Waals surface area contributed by atoms with E-state index in [1.165, 1.54) is 0 Å². The molecule has 2 aromatic carbocycles. The summed E-state index contributed by atoms with van der Waals surface area (Å²) in [6.45, 7) is 2.49. The minimum absolute atomic E-state index is 0.162. The maximum Gasteiger partial charge on any atom is 0.263 e. The van der Waals surface area contributed by atoms with Crippen LogP contribution in [0.1, 0.15) is 0 Å². The van der Waals surface area contributed by atoms with Gasteiger partial charge in [0.1, 0.15) is 0 Å². The largest absolute Gasteiger partial charge is 0.321 e. The van der Waals surface area contributed by atoms with Gasteiger partial charge in [-0.3, -0.25) is 14.8 Å². The van der Waals surface area contributed by atoms with Crippen LogP contribution in [0.15, 0.2) is 58.5 Å². The van der Waals surface area contributed by atoms with Gasteiger partial charge in [-0.25, -0.2) is 0 Å². The molecule has 5 nitrogen and oxygen atoms in total. The van der Waals surface area contributed by atoms with Crippen LogP contribution in [0.5, 0.6) is 0 Å². The Kier molecular flexibility index (Phi) is 4.66.